The first-order chi connectivity index (χ1) is 14.7. The molecule has 0 unspecified atom stereocenters. The molecule has 3 heterocycles. The van der Waals surface area contributed by atoms with Crippen molar-refractivity contribution < 1.29 is 33.8 Å². The fraction of sp³-hybridized carbons (Fsp3) is 0.389. The summed E-state index contributed by atoms with van der Waals surface area (Å²) in [6.45, 7) is 1.93. The Kier molecular flexibility index (Phi) is 6.04. The highest BCUT2D eigenvalue weighted by Gasteiger charge is 2.45. The Hall–Kier alpha value is -2.44. The molecule has 0 bridgehead atoms. The Morgan fingerprint density at radius 2 is 2.03 bits per heavy atom. The number of fused-ring (bicyclic) bond motifs is 1. The third-order valence-electron chi connectivity index (χ3n) is 4.92. The fourth-order valence-electron chi connectivity index (χ4n) is 3.44. The van der Waals surface area contributed by atoms with E-state index in [2.05, 4.69) is 24.8 Å². The number of phosphoric acid groups is 1. The Morgan fingerprint density at radius 1 is 1.23 bits per heavy atom. The van der Waals surface area contributed by atoms with Crippen molar-refractivity contribution in [3.63, 3.8) is 0 Å². The van der Waals surface area contributed by atoms with Crippen molar-refractivity contribution in [2.45, 2.75) is 38.0 Å². The minimum atomic E-state index is -4.75. The number of imidazole rings is 1. The van der Waals surface area contributed by atoms with E-state index in [1.165, 1.54) is 17.2 Å². The van der Waals surface area contributed by atoms with Gasteiger partial charge in [0, 0.05) is 6.54 Å². The van der Waals surface area contributed by atoms with Crippen LogP contribution in [0.25, 0.3) is 11.2 Å². The topological polar surface area (TPSA) is 172 Å². The normalized spacial score (nSPS) is 24.0. The number of benzene rings is 1. The summed E-state index contributed by atoms with van der Waals surface area (Å²) < 4.78 is 22.3. The first-order valence-corrected chi connectivity index (χ1v) is 10.9. The van der Waals surface area contributed by atoms with Crippen LogP contribution in [0.2, 0.25) is 0 Å². The zero-order valence-corrected chi connectivity index (χ0v) is 17.3. The highest BCUT2D eigenvalue weighted by Crippen LogP contribution is 2.39. The molecule has 1 aliphatic heterocycles. The summed E-state index contributed by atoms with van der Waals surface area (Å²) >= 11 is 0. The van der Waals surface area contributed by atoms with E-state index in [-0.39, 0.29) is 0 Å². The smallest absolute Gasteiger partial charge is 0.387 e. The monoisotopic (exact) mass is 451 g/mol. The molecule has 1 fully saturated rings. The molecule has 166 valence electrons. The van der Waals surface area contributed by atoms with Crippen molar-refractivity contribution in [1.82, 2.24) is 19.5 Å². The van der Waals surface area contributed by atoms with Crippen LogP contribution in [0.1, 0.15) is 17.4 Å². The van der Waals surface area contributed by atoms with Crippen LogP contribution in [-0.4, -0.2) is 64.4 Å². The van der Waals surface area contributed by atoms with Gasteiger partial charge in [-0.3, -0.25) is 9.09 Å². The summed E-state index contributed by atoms with van der Waals surface area (Å²) in [6, 6.07) is 8.01. The average molecular weight is 451 g/mol. The molecule has 13 heteroatoms. The number of aryl methyl sites for hydroxylation is 1. The van der Waals surface area contributed by atoms with Gasteiger partial charge < -0.3 is 30.1 Å². The number of hydrogen-bond acceptors (Lipinski definition) is 9. The van der Waals surface area contributed by atoms with E-state index >= 15 is 0 Å². The lowest BCUT2D eigenvalue weighted by molar-refractivity contribution is -0.0504. The number of nitrogens with zero attached hydrogens (tertiary/aromatic N) is 4. The van der Waals surface area contributed by atoms with Crippen LogP contribution in [0.4, 0.5) is 5.82 Å². The van der Waals surface area contributed by atoms with Crippen LogP contribution in [0.15, 0.2) is 36.9 Å². The fourth-order valence-corrected chi connectivity index (χ4v) is 3.78. The number of rotatable bonds is 7. The summed E-state index contributed by atoms with van der Waals surface area (Å²) in [6.07, 6.45) is -2.30. The molecule has 0 spiro atoms. The minimum absolute atomic E-state index is 0.356. The van der Waals surface area contributed by atoms with Crippen LogP contribution in [0, 0.1) is 6.92 Å². The maximum Gasteiger partial charge on any atom is 0.469 e. The van der Waals surface area contributed by atoms with Gasteiger partial charge in [0.05, 0.1) is 12.9 Å². The molecule has 31 heavy (non-hydrogen) atoms. The Labute approximate surface area is 176 Å². The number of aliphatic hydroxyl groups is 2. The molecular weight excluding hydrogens is 429 g/mol. The highest BCUT2D eigenvalue weighted by molar-refractivity contribution is 7.46. The molecule has 5 N–H and O–H groups in total. The molecule has 3 aromatic rings. The van der Waals surface area contributed by atoms with Gasteiger partial charge in [-0.2, -0.15) is 0 Å². The molecule has 0 radical (unpaired) electrons. The van der Waals surface area contributed by atoms with Gasteiger partial charge in [0.25, 0.3) is 0 Å². The number of phosphoric ester groups is 1. The summed E-state index contributed by atoms with van der Waals surface area (Å²) in [4.78, 5) is 30.4. The van der Waals surface area contributed by atoms with Gasteiger partial charge in [-0.05, 0) is 12.5 Å². The van der Waals surface area contributed by atoms with Crippen molar-refractivity contribution in [1.29, 1.82) is 0 Å². The molecular formula is C18H22N5O7P. The first kappa shape index (κ1) is 21.8. The summed E-state index contributed by atoms with van der Waals surface area (Å²) in [7, 11) is -4.75. The Bertz CT molecular complexity index is 1120. The molecule has 4 atom stereocenters. The quantitative estimate of drug-likeness (QED) is 0.316. The van der Waals surface area contributed by atoms with E-state index in [9.17, 15) is 14.8 Å². The lowest BCUT2D eigenvalue weighted by Crippen LogP contribution is -2.33. The molecule has 0 aliphatic carbocycles. The third-order valence-corrected chi connectivity index (χ3v) is 5.40. The second-order valence-corrected chi connectivity index (χ2v) is 8.46. The maximum absolute atomic E-state index is 10.9. The molecule has 1 saturated heterocycles. The van der Waals surface area contributed by atoms with Crippen LogP contribution in [0.3, 0.4) is 0 Å². The van der Waals surface area contributed by atoms with Crippen LogP contribution in [0.5, 0.6) is 0 Å². The number of aliphatic hydroxyl groups excluding tert-OH is 2. The predicted molar refractivity (Wildman–Crippen MR) is 108 cm³/mol. The number of anilines is 1. The van der Waals surface area contributed by atoms with Crippen LogP contribution >= 0.6 is 7.82 Å². The Morgan fingerprint density at radius 3 is 2.77 bits per heavy atom. The summed E-state index contributed by atoms with van der Waals surface area (Å²) in [5, 5.41) is 23.8. The number of aromatic nitrogens is 4. The number of nitrogens with one attached hydrogen (secondary N) is 1. The zero-order chi connectivity index (χ0) is 22.2. The molecule has 0 amide bonds. The summed E-state index contributed by atoms with van der Waals surface area (Å²) in [5.74, 6) is 0.486. The van der Waals surface area contributed by atoms with E-state index < -0.39 is 39.0 Å². The van der Waals surface area contributed by atoms with Crippen molar-refractivity contribution in [2.24, 2.45) is 0 Å². The first-order valence-electron chi connectivity index (χ1n) is 9.41. The SMILES string of the molecule is Cc1cccc(CNc2ncnc3c2ncn3[C@@H]2O[C@H](COP(=O)(O)O)[C@@H](O)[C@H]2O)c1. The lowest BCUT2D eigenvalue weighted by Gasteiger charge is -2.16. The number of hydrogen-bond donors (Lipinski definition) is 5. The molecule has 1 aromatic carbocycles. The molecule has 12 nitrogen and oxygen atoms in total. The van der Waals surface area contributed by atoms with Gasteiger partial charge in [-0.1, -0.05) is 29.8 Å². The van der Waals surface area contributed by atoms with E-state index in [1.54, 1.807) is 0 Å². The lowest BCUT2D eigenvalue weighted by atomic mass is 10.1. The van der Waals surface area contributed by atoms with Gasteiger partial charge in [-0.15, -0.1) is 0 Å². The van der Waals surface area contributed by atoms with Gasteiger partial charge in [0.15, 0.2) is 23.2 Å². The van der Waals surface area contributed by atoms with Gasteiger partial charge in [0.1, 0.15) is 24.6 Å². The zero-order valence-electron chi connectivity index (χ0n) is 16.4. The molecule has 0 saturated carbocycles. The van der Waals surface area contributed by atoms with Crippen LogP contribution < -0.4 is 5.32 Å². The predicted octanol–water partition coefficient (Wildman–Crippen LogP) is 0.475. The number of ether oxygens (including phenoxy) is 1. The Balaban J connectivity index is 1.54. The van der Waals surface area contributed by atoms with Crippen molar-refractivity contribution in [2.75, 3.05) is 11.9 Å². The maximum atomic E-state index is 10.9. The van der Waals surface area contributed by atoms with Gasteiger partial charge in [-0.25, -0.2) is 19.5 Å². The van der Waals surface area contributed by atoms with E-state index in [0.29, 0.717) is 23.5 Å². The van der Waals surface area contributed by atoms with Gasteiger partial charge >= 0.3 is 7.82 Å². The second-order valence-electron chi connectivity index (χ2n) is 7.22. The van der Waals surface area contributed by atoms with Gasteiger partial charge in [0.2, 0.25) is 0 Å². The largest absolute Gasteiger partial charge is 0.469 e. The molecule has 1 aliphatic rings. The minimum Gasteiger partial charge on any atom is -0.387 e. The van der Waals surface area contributed by atoms with Crippen molar-refractivity contribution in [3.05, 3.63) is 48.0 Å². The van der Waals surface area contributed by atoms with E-state index in [1.807, 2.05) is 31.2 Å². The van der Waals surface area contributed by atoms with Crippen LogP contribution in [-0.2, 0) is 20.4 Å². The van der Waals surface area contributed by atoms with Crippen molar-refractivity contribution >= 4 is 24.8 Å². The van der Waals surface area contributed by atoms with E-state index in [0.717, 1.165) is 11.1 Å². The second kappa shape index (κ2) is 8.60. The molecule has 2 aromatic heterocycles. The average Bonchev–Trinajstić information content (AvgIpc) is 3.26. The van der Waals surface area contributed by atoms with E-state index in [4.69, 9.17) is 14.5 Å². The highest BCUT2D eigenvalue weighted by atomic mass is 31.2. The standard InChI is InChI=1S/C18H22N5O7P/c1-10-3-2-4-11(5-10)6-19-16-13-17(21-8-20-16)23(9-22-13)18-15(25)14(24)12(30-18)7-29-31(26,27)28/h2-5,8-9,12,14-15,18,24-25H,6-7H2,1H3,(H,19,20,21)(H2,26,27,28)/t12-,14-,15-,18-/m1/s1. The summed E-state index contributed by atoms with van der Waals surface area (Å²) in [5.41, 5.74) is 3.00. The van der Waals surface area contributed by atoms with Crippen molar-refractivity contribution in [3.8, 4) is 0 Å². The molecule has 4 rings (SSSR count). The third kappa shape index (κ3) is 4.75.